The molecule has 1 aromatic rings. The number of alkyl halides is 4. The fourth-order valence-electron chi connectivity index (χ4n) is 0.841. The summed E-state index contributed by atoms with van der Waals surface area (Å²) in [6.07, 6.45) is 0.952. The van der Waals surface area contributed by atoms with Gasteiger partial charge in [0.05, 0.1) is 5.56 Å². The van der Waals surface area contributed by atoms with Gasteiger partial charge in [0.2, 0.25) is 0 Å². The molecule has 0 bridgehead atoms. The molecule has 0 amide bonds. The molecule has 78 valence electrons. The van der Waals surface area contributed by atoms with Crippen LogP contribution in [0.1, 0.15) is 5.56 Å². The van der Waals surface area contributed by atoms with E-state index in [-0.39, 0.29) is 12.1 Å². The van der Waals surface area contributed by atoms with E-state index in [0.29, 0.717) is 5.82 Å². The quantitative estimate of drug-likeness (QED) is 0.796. The Labute approximate surface area is 84.1 Å². The summed E-state index contributed by atoms with van der Waals surface area (Å²) < 4.78 is 36.7. The van der Waals surface area contributed by atoms with Crippen molar-refractivity contribution in [2.24, 2.45) is 0 Å². The summed E-state index contributed by atoms with van der Waals surface area (Å²) in [4.78, 5) is 3.64. The Morgan fingerprint density at radius 2 is 2.14 bits per heavy atom. The fraction of sp³-hybridized carbons (Fsp3) is 0.375. The number of nitrogens with one attached hydrogen (secondary N) is 1. The monoisotopic (exact) mass is 224 g/mol. The second-order valence-corrected chi connectivity index (χ2v) is 3.02. The summed E-state index contributed by atoms with van der Waals surface area (Å²) in [5.41, 5.74) is -0.384. The van der Waals surface area contributed by atoms with Crippen LogP contribution in [0, 0.1) is 0 Å². The van der Waals surface area contributed by atoms with Crippen molar-refractivity contribution in [3.8, 4) is 0 Å². The highest BCUT2D eigenvalue weighted by molar-refractivity contribution is 6.21. The van der Waals surface area contributed by atoms with E-state index in [1.54, 1.807) is 0 Å². The Bertz CT molecular complexity index is 284. The predicted molar refractivity (Wildman–Crippen MR) is 48.4 cm³/mol. The van der Waals surface area contributed by atoms with E-state index in [4.69, 9.17) is 11.6 Å². The van der Waals surface area contributed by atoms with Gasteiger partial charge in [-0.15, -0.1) is 0 Å². The average molecular weight is 225 g/mol. The van der Waals surface area contributed by atoms with Crippen LogP contribution in [-0.4, -0.2) is 18.2 Å². The summed E-state index contributed by atoms with van der Waals surface area (Å²) in [7, 11) is 0. The van der Waals surface area contributed by atoms with Crippen LogP contribution in [0.3, 0.4) is 0 Å². The molecule has 0 saturated heterocycles. The first kappa shape index (κ1) is 11.1. The van der Waals surface area contributed by atoms with Gasteiger partial charge in [0.1, 0.15) is 12.5 Å². The molecular formula is C8H8ClF3N2. The Hall–Kier alpha value is -0.970. The zero-order chi connectivity index (χ0) is 10.6. The number of aromatic nitrogens is 1. The summed E-state index contributed by atoms with van der Waals surface area (Å²) in [6.45, 7) is -0.446. The number of hydrogen-bond donors (Lipinski definition) is 1. The zero-order valence-electron chi connectivity index (χ0n) is 7.11. The molecule has 0 spiro atoms. The SMILES string of the molecule is FCCNc1ccc(C(F)(F)Cl)cn1. The van der Waals surface area contributed by atoms with E-state index >= 15 is 0 Å². The molecule has 0 fully saturated rings. The van der Waals surface area contributed by atoms with Crippen molar-refractivity contribution in [2.45, 2.75) is 5.38 Å². The van der Waals surface area contributed by atoms with Crippen LogP contribution in [0.15, 0.2) is 18.3 Å². The maximum Gasteiger partial charge on any atom is 0.349 e. The van der Waals surface area contributed by atoms with Crippen molar-refractivity contribution in [1.29, 1.82) is 0 Å². The third-order valence-corrected chi connectivity index (χ3v) is 1.71. The normalized spacial score (nSPS) is 11.4. The van der Waals surface area contributed by atoms with E-state index in [0.717, 1.165) is 12.3 Å². The number of rotatable bonds is 4. The van der Waals surface area contributed by atoms with Gasteiger partial charge < -0.3 is 5.32 Å². The number of pyridine rings is 1. The van der Waals surface area contributed by atoms with Crippen molar-refractivity contribution >= 4 is 17.4 Å². The lowest BCUT2D eigenvalue weighted by atomic mass is 10.3. The number of hydrogen-bond acceptors (Lipinski definition) is 2. The van der Waals surface area contributed by atoms with Crippen LogP contribution in [0.4, 0.5) is 19.0 Å². The molecule has 6 heteroatoms. The maximum absolute atomic E-state index is 12.5. The van der Waals surface area contributed by atoms with E-state index < -0.39 is 12.1 Å². The highest BCUT2D eigenvalue weighted by atomic mass is 35.5. The second kappa shape index (κ2) is 4.50. The van der Waals surface area contributed by atoms with Gasteiger partial charge in [-0.2, -0.15) is 8.78 Å². The molecule has 0 saturated carbocycles. The molecule has 2 nitrogen and oxygen atoms in total. The number of halogens is 4. The molecule has 14 heavy (non-hydrogen) atoms. The van der Waals surface area contributed by atoms with Gasteiger partial charge in [0.15, 0.2) is 0 Å². The molecule has 0 aliphatic carbocycles. The summed E-state index contributed by atoms with van der Waals surface area (Å²) >= 11 is 4.76. The van der Waals surface area contributed by atoms with Gasteiger partial charge in [-0.1, -0.05) is 0 Å². The second-order valence-electron chi connectivity index (χ2n) is 2.55. The van der Waals surface area contributed by atoms with Crippen LogP contribution in [0.5, 0.6) is 0 Å². The van der Waals surface area contributed by atoms with Crippen LogP contribution in [0.2, 0.25) is 0 Å². The Balaban J connectivity index is 2.69. The molecule has 0 aliphatic rings. The average Bonchev–Trinajstić information content (AvgIpc) is 2.14. The van der Waals surface area contributed by atoms with Crippen LogP contribution in [0.25, 0.3) is 0 Å². The Morgan fingerprint density at radius 3 is 2.57 bits per heavy atom. The Kier molecular flexibility index (Phi) is 3.57. The highest BCUT2D eigenvalue weighted by Gasteiger charge is 2.27. The summed E-state index contributed by atoms with van der Waals surface area (Å²) in [6, 6.07) is 2.46. The largest absolute Gasteiger partial charge is 0.367 e. The predicted octanol–water partition coefficient (Wildman–Crippen LogP) is 2.75. The summed E-state index contributed by atoms with van der Waals surface area (Å²) in [5, 5.41) is -0.812. The lowest BCUT2D eigenvalue weighted by Crippen LogP contribution is -2.07. The van der Waals surface area contributed by atoms with Crippen LogP contribution >= 0.6 is 11.6 Å². The molecule has 0 aromatic carbocycles. The van der Waals surface area contributed by atoms with E-state index in [9.17, 15) is 13.2 Å². The van der Waals surface area contributed by atoms with Gasteiger partial charge in [0.25, 0.3) is 0 Å². The van der Waals surface area contributed by atoms with Crippen molar-refractivity contribution < 1.29 is 13.2 Å². The third-order valence-electron chi connectivity index (χ3n) is 1.49. The first-order valence-corrected chi connectivity index (χ1v) is 4.25. The Morgan fingerprint density at radius 1 is 1.43 bits per heavy atom. The zero-order valence-corrected chi connectivity index (χ0v) is 7.86. The first-order chi connectivity index (χ1) is 6.54. The molecule has 0 unspecified atom stereocenters. The van der Waals surface area contributed by atoms with Gasteiger partial charge in [-0.3, -0.25) is 0 Å². The van der Waals surface area contributed by atoms with Crippen LogP contribution < -0.4 is 5.32 Å². The number of anilines is 1. The minimum atomic E-state index is -3.41. The highest BCUT2D eigenvalue weighted by Crippen LogP contribution is 2.31. The molecule has 1 heterocycles. The van der Waals surface area contributed by atoms with E-state index in [1.165, 1.54) is 6.07 Å². The lowest BCUT2D eigenvalue weighted by molar-refractivity contribution is 0.0947. The van der Waals surface area contributed by atoms with Crippen LogP contribution in [-0.2, 0) is 5.38 Å². The molecule has 0 atom stereocenters. The van der Waals surface area contributed by atoms with Crippen molar-refractivity contribution in [1.82, 2.24) is 4.98 Å². The standard InChI is InChI=1S/C8H8ClF3N2/c9-8(11,12)6-1-2-7(14-5-6)13-4-3-10/h1-2,5H,3-4H2,(H,13,14). The minimum Gasteiger partial charge on any atom is -0.367 e. The van der Waals surface area contributed by atoms with Gasteiger partial charge in [-0.05, 0) is 23.7 Å². The first-order valence-electron chi connectivity index (χ1n) is 3.87. The summed E-state index contributed by atoms with van der Waals surface area (Å²) in [5.74, 6) is 0.340. The third kappa shape index (κ3) is 3.06. The smallest absolute Gasteiger partial charge is 0.349 e. The van der Waals surface area contributed by atoms with Gasteiger partial charge in [-0.25, -0.2) is 9.37 Å². The molecule has 1 aromatic heterocycles. The topological polar surface area (TPSA) is 24.9 Å². The molecule has 0 radical (unpaired) electrons. The molecule has 1 rings (SSSR count). The van der Waals surface area contributed by atoms with Crippen molar-refractivity contribution in [3.63, 3.8) is 0 Å². The van der Waals surface area contributed by atoms with Gasteiger partial charge >= 0.3 is 5.38 Å². The molecule has 1 N–H and O–H groups in total. The van der Waals surface area contributed by atoms with Crippen molar-refractivity contribution in [3.05, 3.63) is 23.9 Å². The fourth-order valence-corrected chi connectivity index (χ4v) is 0.953. The van der Waals surface area contributed by atoms with Gasteiger partial charge in [0, 0.05) is 12.7 Å². The molecule has 0 aliphatic heterocycles. The van der Waals surface area contributed by atoms with Crippen molar-refractivity contribution in [2.75, 3.05) is 18.5 Å². The maximum atomic E-state index is 12.5. The number of nitrogens with zero attached hydrogens (tertiary/aromatic N) is 1. The van der Waals surface area contributed by atoms with E-state index in [2.05, 4.69) is 10.3 Å². The molecular weight excluding hydrogens is 217 g/mol. The minimum absolute atomic E-state index is 0.101. The lowest BCUT2D eigenvalue weighted by Gasteiger charge is -2.08. The van der Waals surface area contributed by atoms with E-state index in [1.807, 2.05) is 0 Å².